The van der Waals surface area contributed by atoms with E-state index in [9.17, 15) is 14.0 Å². The zero-order valence-corrected chi connectivity index (χ0v) is 18.0. The molecule has 1 aromatic heterocycles. The number of carbonyl (C=O) groups is 2. The molecule has 1 amide bonds. The number of benzene rings is 2. The molecule has 0 aliphatic heterocycles. The first-order chi connectivity index (χ1) is 15.5. The molecule has 7 heteroatoms. The number of rotatable bonds is 7. The summed E-state index contributed by atoms with van der Waals surface area (Å²) in [6.07, 6.45) is 3.21. The molecular formula is C25H26FN3O3. The number of halogens is 1. The SMILES string of the molecule is CC(OC(=O)c1nn(-c2ccc(F)cc2)c2c1CCCC2)C(=O)NCCc1ccccc1. The largest absolute Gasteiger partial charge is 0.448 e. The Labute approximate surface area is 186 Å². The number of ether oxygens (including phenoxy) is 1. The Bertz CT molecular complexity index is 1090. The topological polar surface area (TPSA) is 73.2 Å². The molecule has 0 radical (unpaired) electrons. The lowest BCUT2D eigenvalue weighted by molar-refractivity contribution is -0.129. The van der Waals surface area contributed by atoms with Crippen molar-refractivity contribution in [3.63, 3.8) is 0 Å². The minimum atomic E-state index is -0.937. The van der Waals surface area contributed by atoms with Crippen LogP contribution < -0.4 is 5.32 Å². The van der Waals surface area contributed by atoms with Crippen molar-refractivity contribution in [1.82, 2.24) is 15.1 Å². The maximum Gasteiger partial charge on any atom is 0.359 e. The Kier molecular flexibility index (Phi) is 6.63. The Morgan fingerprint density at radius 3 is 2.56 bits per heavy atom. The molecule has 1 unspecified atom stereocenters. The van der Waals surface area contributed by atoms with Gasteiger partial charge in [0, 0.05) is 17.8 Å². The molecule has 0 bridgehead atoms. The van der Waals surface area contributed by atoms with E-state index in [0.717, 1.165) is 42.5 Å². The van der Waals surface area contributed by atoms with Gasteiger partial charge in [-0.25, -0.2) is 13.9 Å². The van der Waals surface area contributed by atoms with Gasteiger partial charge in [-0.1, -0.05) is 30.3 Å². The number of hydrogen-bond donors (Lipinski definition) is 1. The van der Waals surface area contributed by atoms with Crippen LogP contribution in [0.15, 0.2) is 54.6 Å². The highest BCUT2D eigenvalue weighted by Crippen LogP contribution is 2.27. The highest BCUT2D eigenvalue weighted by atomic mass is 19.1. The molecule has 1 aliphatic carbocycles. The van der Waals surface area contributed by atoms with Gasteiger partial charge in [0.05, 0.1) is 5.69 Å². The van der Waals surface area contributed by atoms with Gasteiger partial charge in [0.15, 0.2) is 11.8 Å². The first-order valence-electron chi connectivity index (χ1n) is 10.9. The predicted octanol–water partition coefficient (Wildman–Crippen LogP) is 3.79. The van der Waals surface area contributed by atoms with Crippen molar-refractivity contribution in [3.05, 3.63) is 82.9 Å². The van der Waals surface area contributed by atoms with Crippen LogP contribution in [0.1, 0.15) is 47.1 Å². The third kappa shape index (κ3) is 4.88. The van der Waals surface area contributed by atoms with Crippen LogP contribution in [-0.4, -0.2) is 34.3 Å². The molecule has 32 heavy (non-hydrogen) atoms. The van der Waals surface area contributed by atoms with Crippen LogP contribution >= 0.6 is 0 Å². The van der Waals surface area contributed by atoms with Gasteiger partial charge in [0.1, 0.15) is 5.82 Å². The van der Waals surface area contributed by atoms with Gasteiger partial charge in [-0.15, -0.1) is 0 Å². The predicted molar refractivity (Wildman–Crippen MR) is 118 cm³/mol. The summed E-state index contributed by atoms with van der Waals surface area (Å²) < 4.78 is 20.5. The molecule has 1 aliphatic rings. The zero-order chi connectivity index (χ0) is 22.5. The van der Waals surface area contributed by atoms with Crippen LogP contribution in [0.4, 0.5) is 4.39 Å². The van der Waals surface area contributed by atoms with E-state index in [0.29, 0.717) is 18.7 Å². The van der Waals surface area contributed by atoms with E-state index >= 15 is 0 Å². The molecule has 0 spiro atoms. The molecule has 1 N–H and O–H groups in total. The van der Waals surface area contributed by atoms with Crippen molar-refractivity contribution >= 4 is 11.9 Å². The molecule has 1 atom stereocenters. The summed E-state index contributed by atoms with van der Waals surface area (Å²) >= 11 is 0. The number of nitrogens with one attached hydrogen (secondary N) is 1. The Balaban J connectivity index is 1.43. The molecule has 2 aromatic carbocycles. The van der Waals surface area contributed by atoms with Gasteiger partial charge < -0.3 is 10.1 Å². The second kappa shape index (κ2) is 9.77. The molecule has 0 fully saturated rings. The maximum atomic E-state index is 13.3. The lowest BCUT2D eigenvalue weighted by atomic mass is 9.95. The van der Waals surface area contributed by atoms with Gasteiger partial charge in [0.2, 0.25) is 0 Å². The second-order valence-corrected chi connectivity index (χ2v) is 7.94. The van der Waals surface area contributed by atoms with Crippen LogP contribution in [0.3, 0.4) is 0 Å². The third-order valence-corrected chi connectivity index (χ3v) is 5.65. The molecular weight excluding hydrogens is 409 g/mol. The van der Waals surface area contributed by atoms with E-state index < -0.39 is 12.1 Å². The smallest absolute Gasteiger partial charge is 0.359 e. The number of nitrogens with zero attached hydrogens (tertiary/aromatic N) is 2. The van der Waals surface area contributed by atoms with Crippen LogP contribution in [0.5, 0.6) is 0 Å². The molecule has 1 heterocycles. The lowest BCUT2D eigenvalue weighted by Crippen LogP contribution is -2.37. The van der Waals surface area contributed by atoms with E-state index in [-0.39, 0.29) is 17.4 Å². The molecule has 6 nitrogen and oxygen atoms in total. The van der Waals surface area contributed by atoms with Crippen molar-refractivity contribution in [3.8, 4) is 5.69 Å². The number of aromatic nitrogens is 2. The summed E-state index contributed by atoms with van der Waals surface area (Å²) in [6, 6.07) is 15.8. The van der Waals surface area contributed by atoms with Gasteiger partial charge in [-0.3, -0.25) is 4.79 Å². The van der Waals surface area contributed by atoms with Gasteiger partial charge in [-0.2, -0.15) is 5.10 Å². The number of fused-ring (bicyclic) bond motifs is 1. The molecule has 0 saturated carbocycles. The van der Waals surface area contributed by atoms with Crippen molar-refractivity contribution < 1.29 is 18.7 Å². The highest BCUT2D eigenvalue weighted by molar-refractivity contribution is 5.92. The van der Waals surface area contributed by atoms with Crippen molar-refractivity contribution in [2.45, 2.75) is 45.1 Å². The van der Waals surface area contributed by atoms with E-state index in [1.54, 1.807) is 23.7 Å². The third-order valence-electron chi connectivity index (χ3n) is 5.65. The van der Waals surface area contributed by atoms with E-state index in [1.165, 1.54) is 12.1 Å². The normalized spacial score (nSPS) is 13.8. The minimum Gasteiger partial charge on any atom is -0.448 e. The summed E-state index contributed by atoms with van der Waals surface area (Å²) in [6.45, 7) is 2.01. The average molecular weight is 435 g/mol. The standard InChI is InChI=1S/C25H26FN3O3/c1-17(24(30)27-16-15-18-7-3-2-4-8-18)32-25(31)23-21-9-5-6-10-22(21)29(28-23)20-13-11-19(26)12-14-20/h2-4,7-8,11-14,17H,5-6,9-10,15-16H2,1H3,(H,27,30). The first kappa shape index (κ1) is 21.7. The van der Waals surface area contributed by atoms with Crippen LogP contribution in [0, 0.1) is 5.82 Å². The number of carbonyl (C=O) groups excluding carboxylic acids is 2. The monoisotopic (exact) mass is 435 g/mol. The van der Waals surface area contributed by atoms with E-state index in [1.807, 2.05) is 30.3 Å². The number of esters is 1. The van der Waals surface area contributed by atoms with Crippen molar-refractivity contribution in [2.24, 2.45) is 0 Å². The summed E-state index contributed by atoms with van der Waals surface area (Å²) in [5.41, 5.74) is 3.83. The van der Waals surface area contributed by atoms with Crippen molar-refractivity contribution in [1.29, 1.82) is 0 Å². The van der Waals surface area contributed by atoms with Crippen LogP contribution in [0.2, 0.25) is 0 Å². The fourth-order valence-corrected chi connectivity index (χ4v) is 3.95. The van der Waals surface area contributed by atoms with Crippen molar-refractivity contribution in [2.75, 3.05) is 6.54 Å². The highest BCUT2D eigenvalue weighted by Gasteiger charge is 2.28. The molecule has 4 rings (SSSR count). The summed E-state index contributed by atoms with van der Waals surface area (Å²) in [5.74, 6) is -1.29. The second-order valence-electron chi connectivity index (χ2n) is 7.94. The average Bonchev–Trinajstić information content (AvgIpc) is 3.20. The van der Waals surface area contributed by atoms with E-state index in [2.05, 4.69) is 10.4 Å². The van der Waals surface area contributed by atoms with Gasteiger partial charge in [0.25, 0.3) is 5.91 Å². The molecule has 3 aromatic rings. The fraction of sp³-hybridized carbons (Fsp3) is 0.320. The van der Waals surface area contributed by atoms with Gasteiger partial charge in [-0.05, 0) is 68.9 Å². The summed E-state index contributed by atoms with van der Waals surface area (Å²) in [4.78, 5) is 25.3. The number of hydrogen-bond acceptors (Lipinski definition) is 4. The van der Waals surface area contributed by atoms with E-state index in [4.69, 9.17) is 4.74 Å². The Morgan fingerprint density at radius 1 is 1.09 bits per heavy atom. The molecule has 166 valence electrons. The van der Waals surface area contributed by atoms with Crippen LogP contribution in [-0.2, 0) is 28.8 Å². The Morgan fingerprint density at radius 2 is 1.81 bits per heavy atom. The molecule has 0 saturated heterocycles. The zero-order valence-electron chi connectivity index (χ0n) is 18.0. The fourth-order valence-electron chi connectivity index (χ4n) is 3.95. The first-order valence-corrected chi connectivity index (χ1v) is 10.9. The van der Waals surface area contributed by atoms with Gasteiger partial charge >= 0.3 is 5.97 Å². The lowest BCUT2D eigenvalue weighted by Gasteiger charge is -2.15. The van der Waals surface area contributed by atoms with Crippen LogP contribution in [0.25, 0.3) is 5.69 Å². The Hall–Kier alpha value is -3.48. The quantitative estimate of drug-likeness (QED) is 0.573. The number of amides is 1. The maximum absolute atomic E-state index is 13.3. The summed E-state index contributed by atoms with van der Waals surface area (Å²) in [5, 5.41) is 7.30. The minimum absolute atomic E-state index is 0.230. The summed E-state index contributed by atoms with van der Waals surface area (Å²) in [7, 11) is 0.